The highest BCUT2D eigenvalue weighted by Crippen LogP contribution is 2.22. The van der Waals surface area contributed by atoms with E-state index >= 15 is 0 Å². The molecule has 1 fully saturated rings. The third kappa shape index (κ3) is 3.52. The van der Waals surface area contributed by atoms with Gasteiger partial charge in [-0.1, -0.05) is 22.0 Å². The van der Waals surface area contributed by atoms with Gasteiger partial charge in [0, 0.05) is 23.2 Å². The van der Waals surface area contributed by atoms with Crippen molar-refractivity contribution in [2.24, 2.45) is 0 Å². The predicted octanol–water partition coefficient (Wildman–Crippen LogP) is 2.41. The number of anilines is 1. The summed E-state index contributed by atoms with van der Waals surface area (Å²) in [5.41, 5.74) is 1.76. The molecule has 1 saturated heterocycles. The van der Waals surface area contributed by atoms with Gasteiger partial charge in [-0.3, -0.25) is 0 Å². The Labute approximate surface area is 127 Å². The maximum atomic E-state index is 12.1. The number of halogens is 1. The average Bonchev–Trinajstić information content (AvgIpc) is 2.73. The van der Waals surface area contributed by atoms with Crippen LogP contribution in [0.15, 0.2) is 22.7 Å². The van der Waals surface area contributed by atoms with Crippen molar-refractivity contribution in [2.75, 3.05) is 23.9 Å². The standard InChI is InChI=1S/C13H17BrN2O3S/c1-9-3-4-10(7-12(9)14)15-13(17)16(2)11-5-6-20(18,19)8-11/h3-4,7,11H,5-6,8H2,1-2H3,(H,15,17). The molecule has 1 aliphatic rings. The average molecular weight is 361 g/mol. The van der Waals surface area contributed by atoms with Gasteiger partial charge in [0.2, 0.25) is 0 Å². The molecule has 0 aromatic heterocycles. The molecule has 0 spiro atoms. The first-order valence-corrected chi connectivity index (χ1v) is 8.90. The number of sulfone groups is 1. The summed E-state index contributed by atoms with van der Waals surface area (Å²) in [5.74, 6) is 0.208. The topological polar surface area (TPSA) is 66.5 Å². The fourth-order valence-corrected chi connectivity index (χ4v) is 4.28. The Morgan fingerprint density at radius 3 is 2.70 bits per heavy atom. The first-order chi connectivity index (χ1) is 9.28. The van der Waals surface area contributed by atoms with E-state index in [2.05, 4.69) is 21.2 Å². The van der Waals surface area contributed by atoms with Crippen LogP contribution in [-0.2, 0) is 9.84 Å². The van der Waals surface area contributed by atoms with Crippen molar-refractivity contribution in [3.63, 3.8) is 0 Å². The molecule has 1 atom stereocenters. The van der Waals surface area contributed by atoms with Crippen LogP contribution in [-0.4, -0.2) is 43.9 Å². The summed E-state index contributed by atoms with van der Waals surface area (Å²) >= 11 is 3.41. The highest BCUT2D eigenvalue weighted by atomic mass is 79.9. The third-order valence-corrected chi connectivity index (χ3v) is 6.10. The first kappa shape index (κ1) is 15.3. The maximum absolute atomic E-state index is 12.1. The Balaban J connectivity index is 2.02. The zero-order valence-corrected chi connectivity index (χ0v) is 13.8. The molecule has 1 heterocycles. The van der Waals surface area contributed by atoms with Gasteiger partial charge in [-0.15, -0.1) is 0 Å². The molecule has 2 rings (SSSR count). The summed E-state index contributed by atoms with van der Waals surface area (Å²) in [6.45, 7) is 1.96. The normalized spacial score (nSPS) is 20.6. The van der Waals surface area contributed by atoms with Crippen LogP contribution in [0, 0.1) is 6.92 Å². The van der Waals surface area contributed by atoms with Gasteiger partial charge in [0.1, 0.15) is 0 Å². The van der Waals surface area contributed by atoms with E-state index in [9.17, 15) is 13.2 Å². The van der Waals surface area contributed by atoms with Gasteiger partial charge in [-0.25, -0.2) is 13.2 Å². The molecule has 0 saturated carbocycles. The van der Waals surface area contributed by atoms with E-state index < -0.39 is 9.84 Å². The Morgan fingerprint density at radius 1 is 1.45 bits per heavy atom. The molecular weight excluding hydrogens is 344 g/mol. The number of carbonyl (C=O) groups is 1. The molecule has 20 heavy (non-hydrogen) atoms. The molecule has 1 unspecified atom stereocenters. The highest BCUT2D eigenvalue weighted by Gasteiger charge is 2.32. The lowest BCUT2D eigenvalue weighted by atomic mass is 10.2. The van der Waals surface area contributed by atoms with Crippen molar-refractivity contribution in [1.82, 2.24) is 4.90 Å². The lowest BCUT2D eigenvalue weighted by Crippen LogP contribution is -2.40. The van der Waals surface area contributed by atoms with Crippen LogP contribution in [0.4, 0.5) is 10.5 Å². The Hall–Kier alpha value is -1.08. The van der Waals surface area contributed by atoms with E-state index in [0.717, 1.165) is 10.0 Å². The monoisotopic (exact) mass is 360 g/mol. The number of benzene rings is 1. The Bertz CT molecular complexity index is 631. The minimum Gasteiger partial charge on any atom is -0.324 e. The number of hydrogen-bond donors (Lipinski definition) is 1. The maximum Gasteiger partial charge on any atom is 0.321 e. The molecule has 2 amide bonds. The van der Waals surface area contributed by atoms with Crippen LogP contribution in [0.2, 0.25) is 0 Å². The molecule has 1 N–H and O–H groups in total. The third-order valence-electron chi connectivity index (χ3n) is 3.50. The molecule has 5 nitrogen and oxygen atoms in total. The van der Waals surface area contributed by atoms with Crippen molar-refractivity contribution < 1.29 is 13.2 Å². The van der Waals surface area contributed by atoms with Crippen molar-refractivity contribution in [3.8, 4) is 0 Å². The van der Waals surface area contributed by atoms with Gasteiger partial charge >= 0.3 is 6.03 Å². The largest absolute Gasteiger partial charge is 0.324 e. The van der Waals surface area contributed by atoms with Crippen LogP contribution in [0.25, 0.3) is 0 Å². The lowest BCUT2D eigenvalue weighted by Gasteiger charge is -2.23. The number of nitrogens with zero attached hydrogens (tertiary/aromatic N) is 1. The van der Waals surface area contributed by atoms with Crippen molar-refractivity contribution in [1.29, 1.82) is 0 Å². The second-order valence-corrected chi connectivity index (χ2v) is 8.14. The number of nitrogens with one attached hydrogen (secondary N) is 1. The Morgan fingerprint density at radius 2 is 2.15 bits per heavy atom. The number of aryl methyl sites for hydroxylation is 1. The molecule has 7 heteroatoms. The van der Waals surface area contributed by atoms with Crippen molar-refractivity contribution in [2.45, 2.75) is 19.4 Å². The van der Waals surface area contributed by atoms with Gasteiger partial charge in [0.15, 0.2) is 9.84 Å². The molecule has 1 aromatic carbocycles. The SMILES string of the molecule is Cc1ccc(NC(=O)N(C)C2CCS(=O)(=O)C2)cc1Br. The van der Waals surface area contributed by atoms with E-state index in [1.165, 1.54) is 4.90 Å². The molecular formula is C13H17BrN2O3S. The van der Waals surface area contributed by atoms with Gasteiger partial charge in [-0.2, -0.15) is 0 Å². The molecule has 0 bridgehead atoms. The fourth-order valence-electron chi connectivity index (χ4n) is 2.13. The van der Waals surface area contributed by atoms with Gasteiger partial charge in [-0.05, 0) is 31.0 Å². The van der Waals surface area contributed by atoms with Crippen molar-refractivity contribution >= 4 is 37.5 Å². The minimum absolute atomic E-state index is 0.0501. The summed E-state index contributed by atoms with van der Waals surface area (Å²) in [6.07, 6.45) is 0.504. The second kappa shape index (κ2) is 5.73. The van der Waals surface area contributed by atoms with Crippen LogP contribution >= 0.6 is 15.9 Å². The van der Waals surface area contributed by atoms with E-state index in [4.69, 9.17) is 0 Å². The van der Waals surface area contributed by atoms with E-state index in [1.54, 1.807) is 7.05 Å². The minimum atomic E-state index is -2.99. The van der Waals surface area contributed by atoms with Gasteiger partial charge in [0.25, 0.3) is 0 Å². The van der Waals surface area contributed by atoms with E-state index in [1.807, 2.05) is 25.1 Å². The van der Waals surface area contributed by atoms with E-state index in [0.29, 0.717) is 12.1 Å². The zero-order valence-electron chi connectivity index (χ0n) is 11.4. The summed E-state index contributed by atoms with van der Waals surface area (Å²) in [5, 5.41) is 2.78. The Kier molecular flexibility index (Phi) is 4.39. The molecule has 110 valence electrons. The molecule has 0 aliphatic carbocycles. The second-order valence-electron chi connectivity index (χ2n) is 5.06. The van der Waals surface area contributed by atoms with Crippen LogP contribution in [0.1, 0.15) is 12.0 Å². The summed E-state index contributed by atoms with van der Waals surface area (Å²) < 4.78 is 23.8. The number of hydrogen-bond acceptors (Lipinski definition) is 3. The number of urea groups is 1. The number of amides is 2. The lowest BCUT2D eigenvalue weighted by molar-refractivity contribution is 0.209. The van der Waals surface area contributed by atoms with Gasteiger partial charge in [0.05, 0.1) is 11.5 Å². The summed E-state index contributed by atoms with van der Waals surface area (Å²) in [7, 11) is -1.36. The zero-order chi connectivity index (χ0) is 14.9. The molecule has 1 aromatic rings. The summed E-state index contributed by atoms with van der Waals surface area (Å²) in [4.78, 5) is 13.6. The summed E-state index contributed by atoms with van der Waals surface area (Å²) in [6, 6.07) is 5.01. The van der Waals surface area contributed by atoms with Crippen LogP contribution in [0.3, 0.4) is 0 Å². The van der Waals surface area contributed by atoms with E-state index in [-0.39, 0.29) is 23.6 Å². The van der Waals surface area contributed by atoms with Gasteiger partial charge < -0.3 is 10.2 Å². The first-order valence-electron chi connectivity index (χ1n) is 6.29. The molecule has 0 radical (unpaired) electrons. The predicted molar refractivity (Wildman–Crippen MR) is 82.7 cm³/mol. The smallest absolute Gasteiger partial charge is 0.321 e. The quantitative estimate of drug-likeness (QED) is 0.880. The highest BCUT2D eigenvalue weighted by molar-refractivity contribution is 9.10. The van der Waals surface area contributed by atoms with Crippen LogP contribution in [0.5, 0.6) is 0 Å². The number of rotatable bonds is 2. The molecule has 1 aliphatic heterocycles. The van der Waals surface area contributed by atoms with Crippen LogP contribution < -0.4 is 5.32 Å². The fraction of sp³-hybridized carbons (Fsp3) is 0.462. The van der Waals surface area contributed by atoms with Crippen molar-refractivity contribution in [3.05, 3.63) is 28.2 Å². The number of carbonyl (C=O) groups excluding carboxylic acids is 1.